The van der Waals surface area contributed by atoms with Gasteiger partial charge in [0.25, 0.3) is 0 Å². The number of halogens is 1. The Labute approximate surface area is 82.9 Å². The van der Waals surface area contributed by atoms with Gasteiger partial charge in [-0.3, -0.25) is 9.78 Å². The molecule has 1 aromatic heterocycles. The van der Waals surface area contributed by atoms with Crippen LogP contribution in [-0.4, -0.2) is 10.8 Å². The molecule has 0 spiro atoms. The molecule has 3 heteroatoms. The van der Waals surface area contributed by atoms with Gasteiger partial charge in [0.1, 0.15) is 0 Å². The molecule has 0 saturated carbocycles. The first-order chi connectivity index (χ1) is 6.15. The van der Waals surface area contributed by atoms with E-state index < -0.39 is 0 Å². The number of ketones is 1. The van der Waals surface area contributed by atoms with E-state index in [9.17, 15) is 4.79 Å². The van der Waals surface area contributed by atoms with Crippen molar-refractivity contribution in [3.63, 3.8) is 0 Å². The highest BCUT2D eigenvalue weighted by atomic mass is 35.5. The van der Waals surface area contributed by atoms with Crippen LogP contribution in [0.25, 0.3) is 0 Å². The zero-order valence-electron chi connectivity index (χ0n) is 7.75. The van der Waals surface area contributed by atoms with Gasteiger partial charge in [0.2, 0.25) is 0 Å². The Bertz CT molecular complexity index is 312. The molecule has 1 atom stereocenters. The van der Waals surface area contributed by atoms with Crippen molar-refractivity contribution in [1.82, 2.24) is 4.98 Å². The lowest BCUT2D eigenvalue weighted by Gasteiger charge is -2.06. The van der Waals surface area contributed by atoms with Crippen LogP contribution >= 0.6 is 11.6 Å². The van der Waals surface area contributed by atoms with Gasteiger partial charge in [-0.05, 0) is 12.5 Å². The summed E-state index contributed by atoms with van der Waals surface area (Å²) in [5, 5.41) is 0.508. The number of Topliss-reactive ketones (excluding diaryl/α,β-unsaturated/α-hetero) is 1. The summed E-state index contributed by atoms with van der Waals surface area (Å²) in [6.07, 6.45) is 3.92. The molecule has 0 amide bonds. The second-order valence-electron chi connectivity index (χ2n) is 3.07. The summed E-state index contributed by atoms with van der Waals surface area (Å²) in [6.45, 7) is 3.89. The molecule has 1 heterocycles. The number of carbonyl (C=O) groups is 1. The molecule has 1 aromatic rings. The first kappa shape index (κ1) is 10.2. The molecule has 0 aliphatic carbocycles. The number of nitrogens with zero attached hydrogens (tertiary/aromatic N) is 1. The number of hydrogen-bond donors (Lipinski definition) is 0. The Morgan fingerprint density at radius 1 is 1.62 bits per heavy atom. The molecule has 1 rings (SSSR count). The number of aromatic nitrogens is 1. The van der Waals surface area contributed by atoms with Crippen LogP contribution in [0.15, 0.2) is 18.5 Å². The molecule has 0 aliphatic rings. The van der Waals surface area contributed by atoms with E-state index in [1.54, 1.807) is 12.3 Å². The second-order valence-corrected chi connectivity index (χ2v) is 3.50. The molecule has 1 unspecified atom stereocenters. The summed E-state index contributed by atoms with van der Waals surface area (Å²) in [5.41, 5.74) is 0.599. The number of pyridine rings is 1. The first-order valence-corrected chi connectivity index (χ1v) is 4.67. The third kappa shape index (κ3) is 2.52. The van der Waals surface area contributed by atoms with E-state index in [1.807, 2.05) is 13.8 Å². The molecular weight excluding hydrogens is 186 g/mol. The van der Waals surface area contributed by atoms with Gasteiger partial charge in [-0.2, -0.15) is 0 Å². The third-order valence-corrected chi connectivity index (χ3v) is 2.26. The van der Waals surface area contributed by atoms with Gasteiger partial charge >= 0.3 is 0 Å². The van der Waals surface area contributed by atoms with Crippen LogP contribution in [0, 0.1) is 5.92 Å². The summed E-state index contributed by atoms with van der Waals surface area (Å²) in [5.74, 6) is 0.151. The van der Waals surface area contributed by atoms with Gasteiger partial charge in [-0.1, -0.05) is 25.4 Å². The molecule has 0 N–H and O–H groups in total. The van der Waals surface area contributed by atoms with Crippen LogP contribution in [0.3, 0.4) is 0 Å². The zero-order valence-corrected chi connectivity index (χ0v) is 8.51. The van der Waals surface area contributed by atoms with E-state index in [1.165, 1.54) is 6.20 Å². The highest BCUT2D eigenvalue weighted by molar-refractivity contribution is 6.30. The van der Waals surface area contributed by atoms with E-state index in [-0.39, 0.29) is 11.7 Å². The third-order valence-electron chi connectivity index (χ3n) is 2.05. The van der Waals surface area contributed by atoms with E-state index in [0.717, 1.165) is 6.42 Å². The Hall–Kier alpha value is -0.890. The lowest BCUT2D eigenvalue weighted by Crippen LogP contribution is -2.10. The number of rotatable bonds is 3. The quantitative estimate of drug-likeness (QED) is 0.698. The normalized spacial score (nSPS) is 12.5. The number of hydrogen-bond acceptors (Lipinski definition) is 2. The van der Waals surface area contributed by atoms with Crippen LogP contribution in [0.5, 0.6) is 0 Å². The van der Waals surface area contributed by atoms with Gasteiger partial charge in [-0.15, -0.1) is 0 Å². The average Bonchev–Trinajstić information content (AvgIpc) is 2.15. The monoisotopic (exact) mass is 197 g/mol. The van der Waals surface area contributed by atoms with Gasteiger partial charge in [0.15, 0.2) is 5.78 Å². The van der Waals surface area contributed by atoms with Crippen LogP contribution < -0.4 is 0 Å². The molecule has 0 aromatic carbocycles. The van der Waals surface area contributed by atoms with Crippen LogP contribution in [0.4, 0.5) is 0 Å². The highest BCUT2D eigenvalue weighted by Crippen LogP contribution is 2.14. The summed E-state index contributed by atoms with van der Waals surface area (Å²) in [6, 6.07) is 1.66. The Balaban J connectivity index is 2.89. The maximum atomic E-state index is 11.6. The summed E-state index contributed by atoms with van der Waals surface area (Å²) in [7, 11) is 0. The molecule has 0 radical (unpaired) electrons. The predicted molar refractivity (Wildman–Crippen MR) is 53.0 cm³/mol. The van der Waals surface area contributed by atoms with Crippen LogP contribution in [0.2, 0.25) is 5.02 Å². The zero-order chi connectivity index (χ0) is 9.84. The fourth-order valence-electron chi connectivity index (χ4n) is 1.02. The first-order valence-electron chi connectivity index (χ1n) is 4.30. The average molecular weight is 198 g/mol. The van der Waals surface area contributed by atoms with E-state index in [4.69, 9.17) is 11.6 Å². The SMILES string of the molecule is CCC(C)C(=O)c1cncc(Cl)c1. The highest BCUT2D eigenvalue weighted by Gasteiger charge is 2.13. The van der Waals surface area contributed by atoms with Crippen molar-refractivity contribution in [2.45, 2.75) is 20.3 Å². The number of carbonyl (C=O) groups excluding carboxylic acids is 1. The Morgan fingerprint density at radius 3 is 2.85 bits per heavy atom. The smallest absolute Gasteiger partial charge is 0.167 e. The van der Waals surface area contributed by atoms with Crippen molar-refractivity contribution >= 4 is 17.4 Å². The fraction of sp³-hybridized carbons (Fsp3) is 0.400. The molecule has 0 saturated heterocycles. The van der Waals surface area contributed by atoms with E-state index in [2.05, 4.69) is 4.98 Å². The largest absolute Gasteiger partial charge is 0.294 e. The van der Waals surface area contributed by atoms with Crippen molar-refractivity contribution in [3.05, 3.63) is 29.0 Å². The van der Waals surface area contributed by atoms with Crippen molar-refractivity contribution in [3.8, 4) is 0 Å². The minimum Gasteiger partial charge on any atom is -0.294 e. The molecule has 0 aliphatic heterocycles. The lowest BCUT2D eigenvalue weighted by molar-refractivity contribution is 0.0927. The minimum atomic E-state index is 0.0419. The topological polar surface area (TPSA) is 30.0 Å². The second kappa shape index (κ2) is 4.38. The standard InChI is InChI=1S/C10H12ClNO/c1-3-7(2)10(13)8-4-9(11)6-12-5-8/h4-7H,3H2,1-2H3. The van der Waals surface area contributed by atoms with Crippen molar-refractivity contribution in [1.29, 1.82) is 0 Å². The molecule has 13 heavy (non-hydrogen) atoms. The Kier molecular flexibility index (Phi) is 3.43. The van der Waals surface area contributed by atoms with Gasteiger partial charge < -0.3 is 0 Å². The summed E-state index contributed by atoms with van der Waals surface area (Å²) in [4.78, 5) is 15.5. The van der Waals surface area contributed by atoms with E-state index >= 15 is 0 Å². The van der Waals surface area contributed by atoms with Crippen molar-refractivity contribution in [2.75, 3.05) is 0 Å². The predicted octanol–water partition coefficient (Wildman–Crippen LogP) is 2.96. The molecule has 0 bridgehead atoms. The fourth-order valence-corrected chi connectivity index (χ4v) is 1.19. The molecule has 70 valence electrons. The van der Waals surface area contributed by atoms with Crippen LogP contribution in [-0.2, 0) is 0 Å². The van der Waals surface area contributed by atoms with Gasteiger partial charge in [-0.25, -0.2) is 0 Å². The van der Waals surface area contributed by atoms with Crippen molar-refractivity contribution in [2.24, 2.45) is 5.92 Å². The van der Waals surface area contributed by atoms with Gasteiger partial charge in [0, 0.05) is 23.9 Å². The molecule has 2 nitrogen and oxygen atoms in total. The lowest BCUT2D eigenvalue weighted by atomic mass is 9.99. The van der Waals surface area contributed by atoms with Crippen LogP contribution in [0.1, 0.15) is 30.6 Å². The summed E-state index contributed by atoms with van der Waals surface area (Å²) < 4.78 is 0. The van der Waals surface area contributed by atoms with Crippen molar-refractivity contribution < 1.29 is 4.79 Å². The van der Waals surface area contributed by atoms with E-state index in [0.29, 0.717) is 10.6 Å². The molecular formula is C10H12ClNO. The van der Waals surface area contributed by atoms with Gasteiger partial charge in [0.05, 0.1) is 5.02 Å². The Morgan fingerprint density at radius 2 is 2.31 bits per heavy atom. The molecule has 0 fully saturated rings. The minimum absolute atomic E-state index is 0.0419. The maximum absolute atomic E-state index is 11.6. The summed E-state index contributed by atoms with van der Waals surface area (Å²) >= 11 is 5.72. The maximum Gasteiger partial charge on any atom is 0.167 e.